The van der Waals surface area contributed by atoms with Crippen molar-refractivity contribution in [3.8, 4) is 0 Å². The van der Waals surface area contributed by atoms with E-state index in [9.17, 15) is 4.79 Å². The van der Waals surface area contributed by atoms with Crippen LogP contribution in [0, 0.1) is 5.92 Å². The first-order chi connectivity index (χ1) is 4.34. The van der Waals surface area contributed by atoms with Crippen LogP contribution in [0.2, 0.25) is 0 Å². The molecule has 1 aliphatic rings. The fraction of sp³-hybridized carbons (Fsp3) is 0.800. The Morgan fingerprint density at radius 2 is 2.11 bits per heavy atom. The van der Waals surface area contributed by atoms with Gasteiger partial charge >= 0.3 is 5.97 Å². The van der Waals surface area contributed by atoms with Gasteiger partial charge in [-0.25, -0.2) is 0 Å². The fourth-order valence-corrected chi connectivity index (χ4v) is 3.35. The van der Waals surface area contributed by atoms with Crippen LogP contribution in [0.15, 0.2) is 0 Å². The van der Waals surface area contributed by atoms with Crippen LogP contribution in [-0.2, 0) is 9.53 Å². The summed E-state index contributed by atoms with van der Waals surface area (Å²) < 4.78 is 4.57. The van der Waals surface area contributed by atoms with E-state index in [1.54, 1.807) is 21.6 Å². The van der Waals surface area contributed by atoms with Crippen LogP contribution < -0.4 is 0 Å². The molecule has 2 nitrogen and oxygen atoms in total. The van der Waals surface area contributed by atoms with Crippen molar-refractivity contribution >= 4 is 27.6 Å². The highest BCUT2D eigenvalue weighted by Gasteiger charge is 2.24. The van der Waals surface area contributed by atoms with E-state index >= 15 is 0 Å². The molecule has 1 rings (SSSR count). The summed E-state index contributed by atoms with van der Waals surface area (Å²) in [6.07, 6.45) is 0. The number of esters is 1. The van der Waals surface area contributed by atoms with Gasteiger partial charge < -0.3 is 4.74 Å². The van der Waals surface area contributed by atoms with E-state index in [0.29, 0.717) is 0 Å². The lowest BCUT2D eigenvalue weighted by Gasteiger charge is -2.01. The quantitative estimate of drug-likeness (QED) is 0.429. The van der Waals surface area contributed by atoms with Crippen molar-refractivity contribution in [2.75, 3.05) is 18.6 Å². The first-order valence-electron chi connectivity index (χ1n) is 2.67. The third-order valence-electron chi connectivity index (χ3n) is 1.16. The number of methoxy groups -OCH3 is 1. The zero-order chi connectivity index (χ0) is 6.69. The average molecular weight is 164 g/mol. The van der Waals surface area contributed by atoms with E-state index in [0.717, 1.165) is 11.5 Å². The number of carbonyl (C=O) groups excluding carboxylic acids is 1. The Hall–Kier alpha value is 0.170. The molecule has 9 heavy (non-hydrogen) atoms. The SMILES string of the molecule is COC(=O)C1CSSC1. The fourth-order valence-electron chi connectivity index (χ4n) is 0.611. The standard InChI is InChI=1S/C5H8O2S2/c1-7-5(6)4-2-8-9-3-4/h4H,2-3H2,1H3. The number of ether oxygens (including phenoxy) is 1. The van der Waals surface area contributed by atoms with Crippen molar-refractivity contribution in [1.29, 1.82) is 0 Å². The van der Waals surface area contributed by atoms with Gasteiger partial charge in [0.1, 0.15) is 0 Å². The van der Waals surface area contributed by atoms with Gasteiger partial charge in [-0.2, -0.15) is 0 Å². The number of rotatable bonds is 1. The monoisotopic (exact) mass is 164 g/mol. The van der Waals surface area contributed by atoms with Gasteiger partial charge in [-0.1, -0.05) is 21.6 Å². The summed E-state index contributed by atoms with van der Waals surface area (Å²) in [4.78, 5) is 10.8. The molecule has 1 fully saturated rings. The molecule has 0 aliphatic carbocycles. The molecule has 0 spiro atoms. The lowest BCUT2D eigenvalue weighted by Crippen LogP contribution is -2.17. The van der Waals surface area contributed by atoms with Gasteiger partial charge in [0.25, 0.3) is 0 Å². The third-order valence-corrected chi connectivity index (χ3v) is 3.72. The van der Waals surface area contributed by atoms with Crippen LogP contribution in [-0.4, -0.2) is 24.6 Å². The van der Waals surface area contributed by atoms with Crippen LogP contribution in [0.3, 0.4) is 0 Å². The van der Waals surface area contributed by atoms with Crippen molar-refractivity contribution in [2.45, 2.75) is 0 Å². The van der Waals surface area contributed by atoms with Gasteiger partial charge in [0.2, 0.25) is 0 Å². The normalized spacial score (nSPS) is 20.1. The highest BCUT2D eigenvalue weighted by Crippen LogP contribution is 2.34. The predicted octanol–water partition coefficient (Wildman–Crippen LogP) is 1.17. The van der Waals surface area contributed by atoms with Gasteiger partial charge in [0, 0.05) is 11.5 Å². The molecule has 0 aromatic rings. The highest BCUT2D eigenvalue weighted by molar-refractivity contribution is 8.77. The molecule has 1 saturated heterocycles. The second-order valence-corrected chi connectivity index (χ2v) is 4.34. The summed E-state index contributed by atoms with van der Waals surface area (Å²) in [5.74, 6) is 1.91. The Balaban J connectivity index is 2.32. The summed E-state index contributed by atoms with van der Waals surface area (Å²) in [6, 6.07) is 0. The number of carbonyl (C=O) groups is 1. The molecule has 0 radical (unpaired) electrons. The molecule has 1 heterocycles. The largest absolute Gasteiger partial charge is 0.469 e. The molecule has 52 valence electrons. The van der Waals surface area contributed by atoms with Crippen LogP contribution in [0.1, 0.15) is 0 Å². The first kappa shape index (κ1) is 7.28. The molecule has 1 aliphatic heterocycles. The second kappa shape index (κ2) is 3.37. The molecule has 0 atom stereocenters. The van der Waals surface area contributed by atoms with Crippen molar-refractivity contribution < 1.29 is 9.53 Å². The Labute approximate surface area is 62.1 Å². The summed E-state index contributed by atoms with van der Waals surface area (Å²) in [5, 5.41) is 0. The van der Waals surface area contributed by atoms with E-state index < -0.39 is 0 Å². The maximum Gasteiger partial charge on any atom is 0.310 e. The van der Waals surface area contributed by atoms with Crippen LogP contribution >= 0.6 is 21.6 Å². The summed E-state index contributed by atoms with van der Waals surface area (Å²) in [7, 11) is 4.92. The van der Waals surface area contributed by atoms with E-state index in [1.165, 1.54) is 7.11 Å². The number of hydrogen-bond acceptors (Lipinski definition) is 4. The smallest absolute Gasteiger partial charge is 0.310 e. The topological polar surface area (TPSA) is 26.3 Å². The van der Waals surface area contributed by atoms with Crippen LogP contribution in [0.4, 0.5) is 0 Å². The zero-order valence-electron chi connectivity index (χ0n) is 5.12. The van der Waals surface area contributed by atoms with Gasteiger partial charge in [-0.05, 0) is 0 Å². The maximum atomic E-state index is 10.8. The Kier molecular flexibility index (Phi) is 2.72. The Bertz CT molecular complexity index is 110. The minimum Gasteiger partial charge on any atom is -0.469 e. The lowest BCUT2D eigenvalue weighted by atomic mass is 10.2. The Morgan fingerprint density at radius 1 is 1.56 bits per heavy atom. The molecule has 0 amide bonds. The minimum absolute atomic E-state index is 0.0625. The van der Waals surface area contributed by atoms with Crippen molar-refractivity contribution in [3.05, 3.63) is 0 Å². The molecular formula is C5H8O2S2. The van der Waals surface area contributed by atoms with E-state index in [2.05, 4.69) is 4.74 Å². The molecule has 0 saturated carbocycles. The highest BCUT2D eigenvalue weighted by atomic mass is 33.1. The first-order valence-corrected chi connectivity index (χ1v) is 5.15. The summed E-state index contributed by atoms with van der Waals surface area (Å²) >= 11 is 0. The van der Waals surface area contributed by atoms with Gasteiger partial charge in [-0.3, -0.25) is 4.79 Å². The molecule has 0 aromatic carbocycles. The van der Waals surface area contributed by atoms with Crippen LogP contribution in [0.5, 0.6) is 0 Å². The molecule has 4 heteroatoms. The van der Waals surface area contributed by atoms with Crippen molar-refractivity contribution in [3.63, 3.8) is 0 Å². The summed E-state index contributed by atoms with van der Waals surface area (Å²) in [6.45, 7) is 0. The van der Waals surface area contributed by atoms with E-state index in [-0.39, 0.29) is 11.9 Å². The second-order valence-electron chi connectivity index (χ2n) is 1.79. The predicted molar refractivity (Wildman–Crippen MR) is 40.4 cm³/mol. The van der Waals surface area contributed by atoms with Gasteiger partial charge in [-0.15, -0.1) is 0 Å². The zero-order valence-corrected chi connectivity index (χ0v) is 6.76. The number of hydrogen-bond donors (Lipinski definition) is 0. The molecule has 0 aromatic heterocycles. The third kappa shape index (κ3) is 1.79. The van der Waals surface area contributed by atoms with Crippen molar-refractivity contribution in [2.24, 2.45) is 5.92 Å². The minimum atomic E-state index is -0.0625. The Morgan fingerprint density at radius 3 is 2.56 bits per heavy atom. The molecule has 0 bridgehead atoms. The maximum absolute atomic E-state index is 10.8. The van der Waals surface area contributed by atoms with E-state index in [4.69, 9.17) is 0 Å². The van der Waals surface area contributed by atoms with Gasteiger partial charge in [0.05, 0.1) is 13.0 Å². The van der Waals surface area contributed by atoms with Gasteiger partial charge in [0.15, 0.2) is 0 Å². The lowest BCUT2D eigenvalue weighted by molar-refractivity contribution is -0.143. The van der Waals surface area contributed by atoms with Crippen LogP contribution in [0.25, 0.3) is 0 Å². The molecular weight excluding hydrogens is 156 g/mol. The van der Waals surface area contributed by atoms with E-state index in [1.807, 2.05) is 0 Å². The summed E-state index contributed by atoms with van der Waals surface area (Å²) in [5.41, 5.74) is 0. The molecule has 0 unspecified atom stereocenters. The molecule has 0 N–H and O–H groups in total. The average Bonchev–Trinajstić information content (AvgIpc) is 2.37. The van der Waals surface area contributed by atoms with Crippen molar-refractivity contribution in [1.82, 2.24) is 0 Å².